The highest BCUT2D eigenvalue weighted by molar-refractivity contribution is 6.05. The Bertz CT molecular complexity index is 2110. The molecule has 4 rings (SSSR count). The first kappa shape index (κ1) is 63.3. The number of hydroxylamine groups is 2. The van der Waals surface area contributed by atoms with Crippen LogP contribution in [0.2, 0.25) is 0 Å². The summed E-state index contributed by atoms with van der Waals surface area (Å²) in [4.78, 5) is 67.6. The Morgan fingerprint density at radius 3 is 1.67 bits per heavy atom. The van der Waals surface area contributed by atoms with Gasteiger partial charge in [0.15, 0.2) is 11.6 Å². The quantitative estimate of drug-likeness (QED) is 0.0242. The molecule has 76 heavy (non-hydrogen) atoms. The molecule has 1 atom stereocenters. The zero-order valence-corrected chi connectivity index (χ0v) is 43.3. The monoisotopic (exact) mass is 1090 g/mol. The topological polar surface area (TPSA) is 249 Å². The summed E-state index contributed by atoms with van der Waals surface area (Å²) >= 11 is 0. The third-order valence-electron chi connectivity index (χ3n) is 10.8. The fourth-order valence-corrected chi connectivity index (χ4v) is 7.12. The first-order valence-electron chi connectivity index (χ1n) is 25.3. The summed E-state index contributed by atoms with van der Waals surface area (Å²) in [5.41, 5.74) is 7.58. The average Bonchev–Trinajstić information content (AvgIpc) is 3.84. The number of aromatic nitrogens is 1. The Balaban J connectivity index is 0.870. The van der Waals surface area contributed by atoms with Crippen molar-refractivity contribution in [3.8, 4) is 5.75 Å². The number of nitrogens with one attached hydrogen (secondary N) is 1. The van der Waals surface area contributed by atoms with Gasteiger partial charge in [-0.25, -0.2) is 18.8 Å². The van der Waals surface area contributed by atoms with Crippen LogP contribution in [0.4, 0.5) is 23.2 Å². The zero-order valence-electron chi connectivity index (χ0n) is 43.3. The average molecular weight is 1090 g/mol. The second-order valence-electron chi connectivity index (χ2n) is 16.5. The van der Waals surface area contributed by atoms with Crippen LogP contribution >= 0.6 is 0 Å². The number of pyridine rings is 1. The van der Waals surface area contributed by atoms with E-state index in [1.54, 1.807) is 19.1 Å². The molecule has 26 heteroatoms. The molecule has 0 bridgehead atoms. The smallest absolute Gasteiger partial charge is 0.313 e. The molecule has 3 amide bonds. The Morgan fingerprint density at radius 1 is 0.697 bits per heavy atom. The number of aliphatic imine (C=N–C) groups is 1. The second kappa shape index (κ2) is 37.5. The van der Waals surface area contributed by atoms with Gasteiger partial charge in [-0.2, -0.15) is 8.78 Å². The van der Waals surface area contributed by atoms with Gasteiger partial charge in [0.25, 0.3) is 11.8 Å². The molecular formula is C50H72F4N6O16. The van der Waals surface area contributed by atoms with Gasteiger partial charge in [0.1, 0.15) is 11.9 Å². The predicted molar refractivity (Wildman–Crippen MR) is 264 cm³/mol. The van der Waals surface area contributed by atoms with Crippen LogP contribution in [0.5, 0.6) is 5.75 Å². The number of nitrogens with two attached hydrogens (primary N) is 1. The van der Waals surface area contributed by atoms with E-state index in [-0.39, 0.29) is 81.2 Å². The maximum atomic E-state index is 13.6. The Kier molecular flexibility index (Phi) is 31.2. The van der Waals surface area contributed by atoms with Gasteiger partial charge >= 0.3 is 5.97 Å². The Morgan fingerprint density at radius 2 is 1.18 bits per heavy atom. The van der Waals surface area contributed by atoms with Gasteiger partial charge in [0.2, 0.25) is 23.3 Å². The summed E-state index contributed by atoms with van der Waals surface area (Å²) < 4.78 is 112. The van der Waals surface area contributed by atoms with Gasteiger partial charge in [0.05, 0.1) is 162 Å². The molecule has 0 radical (unpaired) electrons. The first-order valence-corrected chi connectivity index (χ1v) is 25.3. The van der Waals surface area contributed by atoms with Gasteiger partial charge in [-0.15, -0.1) is 0 Å². The molecule has 426 valence electrons. The molecule has 1 fully saturated rings. The maximum Gasteiger partial charge on any atom is 0.313 e. The number of rotatable bonds is 41. The van der Waals surface area contributed by atoms with Crippen molar-refractivity contribution in [1.82, 2.24) is 20.3 Å². The van der Waals surface area contributed by atoms with E-state index in [1.807, 2.05) is 6.92 Å². The van der Waals surface area contributed by atoms with Crippen molar-refractivity contribution in [2.45, 2.75) is 52.0 Å². The third kappa shape index (κ3) is 23.5. The number of nitrogens with zero attached hydrogens (tertiary/aromatic N) is 4. The number of ether oxygens (including phenoxy) is 11. The number of carbonyl (C=O) groups is 4. The van der Waals surface area contributed by atoms with E-state index in [0.29, 0.717) is 155 Å². The van der Waals surface area contributed by atoms with E-state index in [2.05, 4.69) is 20.0 Å². The lowest BCUT2D eigenvalue weighted by Gasteiger charge is -2.24. The molecular weight excluding hydrogens is 1020 g/mol. The number of amidine groups is 1. The SMILES string of the molecule is CCCN(OCC)C(=O)C1=Cc2ncc(C(=O)N3CCC[C@H]3C(=O)NCCOCCOCCOCCOCCOCCOCCOCCOCCOCCOCCC(=O)Oc3c(F)c(F)cc(F)c3F)cc2N=C(N)C1. The highest BCUT2D eigenvalue weighted by Crippen LogP contribution is 2.29. The van der Waals surface area contributed by atoms with Crippen LogP contribution in [-0.4, -0.2) is 209 Å². The number of esters is 1. The van der Waals surface area contributed by atoms with Crippen LogP contribution in [0.1, 0.15) is 62.0 Å². The normalized spacial score (nSPS) is 14.3. The molecule has 3 heterocycles. The van der Waals surface area contributed by atoms with Crippen LogP contribution < -0.4 is 15.8 Å². The van der Waals surface area contributed by atoms with E-state index >= 15 is 0 Å². The lowest BCUT2D eigenvalue weighted by atomic mass is 10.1. The summed E-state index contributed by atoms with van der Waals surface area (Å²) in [6.45, 7) is 11.6. The summed E-state index contributed by atoms with van der Waals surface area (Å²) in [5, 5.41) is 4.17. The van der Waals surface area contributed by atoms with E-state index < -0.39 is 47.5 Å². The van der Waals surface area contributed by atoms with Crippen molar-refractivity contribution in [3.63, 3.8) is 0 Å². The zero-order chi connectivity index (χ0) is 54.8. The minimum Gasteiger partial charge on any atom is -0.420 e. The van der Waals surface area contributed by atoms with Crippen LogP contribution in [-0.2, 0) is 66.6 Å². The lowest BCUT2D eigenvalue weighted by molar-refractivity contribution is -0.180. The van der Waals surface area contributed by atoms with Gasteiger partial charge in [-0.1, -0.05) is 6.92 Å². The fourth-order valence-electron chi connectivity index (χ4n) is 7.12. The molecule has 3 N–H and O–H groups in total. The number of halogens is 4. The molecule has 1 aromatic carbocycles. The van der Waals surface area contributed by atoms with Gasteiger partial charge in [-0.05, 0) is 38.3 Å². The molecule has 2 aliphatic heterocycles. The maximum absolute atomic E-state index is 13.6. The molecule has 0 spiro atoms. The highest BCUT2D eigenvalue weighted by atomic mass is 19.2. The Hall–Kier alpha value is -5.26. The minimum atomic E-state index is -1.80. The van der Waals surface area contributed by atoms with E-state index in [9.17, 15) is 36.7 Å². The van der Waals surface area contributed by atoms with Crippen molar-refractivity contribution < 1.29 is 93.7 Å². The van der Waals surface area contributed by atoms with Crippen LogP contribution in [0, 0.1) is 23.3 Å². The van der Waals surface area contributed by atoms with Crippen LogP contribution in [0.25, 0.3) is 6.08 Å². The van der Waals surface area contributed by atoms with Gasteiger partial charge < -0.3 is 68.1 Å². The molecule has 1 saturated heterocycles. The summed E-state index contributed by atoms with van der Waals surface area (Å²) in [5.74, 6) is -10.3. The largest absolute Gasteiger partial charge is 0.420 e. The summed E-state index contributed by atoms with van der Waals surface area (Å²) in [6.07, 6.45) is 4.64. The number of benzene rings is 1. The van der Waals surface area contributed by atoms with E-state index in [1.165, 1.54) is 16.2 Å². The first-order chi connectivity index (χ1) is 36.9. The van der Waals surface area contributed by atoms with Crippen LogP contribution in [0.3, 0.4) is 0 Å². The number of carbonyl (C=O) groups excluding carboxylic acids is 4. The minimum absolute atomic E-state index is 0.0124. The van der Waals surface area contributed by atoms with E-state index in [4.69, 9.17) is 57.9 Å². The highest BCUT2D eigenvalue weighted by Gasteiger charge is 2.35. The third-order valence-corrected chi connectivity index (χ3v) is 10.8. The van der Waals surface area contributed by atoms with Crippen LogP contribution in [0.15, 0.2) is 28.9 Å². The predicted octanol–water partition coefficient (Wildman–Crippen LogP) is 3.49. The molecule has 0 unspecified atom stereocenters. The van der Waals surface area contributed by atoms with Crippen molar-refractivity contribution in [2.24, 2.45) is 10.7 Å². The second-order valence-corrected chi connectivity index (χ2v) is 16.5. The van der Waals surface area contributed by atoms with Crippen molar-refractivity contribution in [1.29, 1.82) is 0 Å². The van der Waals surface area contributed by atoms with Gasteiger partial charge in [-0.3, -0.25) is 29.0 Å². The molecule has 0 saturated carbocycles. The van der Waals surface area contributed by atoms with Crippen molar-refractivity contribution in [2.75, 3.05) is 158 Å². The van der Waals surface area contributed by atoms with Crippen molar-refractivity contribution in [3.05, 3.63) is 58.4 Å². The molecule has 2 aromatic rings. The fraction of sp³-hybridized carbons (Fsp3) is 0.640. The number of hydrogen-bond donors (Lipinski definition) is 2. The Labute approximate surface area is 439 Å². The standard InChI is InChI=1S/C50H72F4N6O16/c1-3-9-60(75-4-2)50(64)36-31-40-41(58-43(55)33-36)32-37(35-57-40)49(63)59-10-5-6-42(59)48(62)56-8-12-66-14-16-68-18-20-70-22-24-72-26-28-74-30-29-73-27-25-71-23-21-69-19-17-67-15-13-65-11-7-44(61)76-47-45(53)38(51)34-39(52)46(47)54/h31-32,34-35,42H,3-30,33H2,1-2H3,(H2,55,58)(H,56,62)/t42-/m0/s1. The molecule has 0 aliphatic carbocycles. The number of fused-ring (bicyclic) bond motifs is 1. The number of likely N-dealkylation sites (tertiary alicyclic amines) is 1. The molecule has 2 aliphatic rings. The molecule has 22 nitrogen and oxygen atoms in total. The van der Waals surface area contributed by atoms with Crippen molar-refractivity contribution >= 4 is 41.3 Å². The van der Waals surface area contributed by atoms with E-state index in [0.717, 1.165) is 0 Å². The molecule has 1 aromatic heterocycles. The lowest BCUT2D eigenvalue weighted by Crippen LogP contribution is -2.46. The number of amides is 3. The van der Waals surface area contributed by atoms with Gasteiger partial charge in [0, 0.05) is 43.9 Å². The summed E-state index contributed by atoms with van der Waals surface area (Å²) in [7, 11) is 0. The summed E-state index contributed by atoms with van der Waals surface area (Å²) in [6, 6.07) is 0.953. The number of hydrogen-bond acceptors (Lipinski definition) is 19.